The zero-order chi connectivity index (χ0) is 16.1. The lowest BCUT2D eigenvalue weighted by Gasteiger charge is -2.18. The lowest BCUT2D eigenvalue weighted by atomic mass is 9.85. The van der Waals surface area contributed by atoms with Gasteiger partial charge in [-0.2, -0.15) is 0 Å². The van der Waals surface area contributed by atoms with Crippen LogP contribution in [0, 0.1) is 0 Å². The van der Waals surface area contributed by atoms with Crippen molar-refractivity contribution in [3.63, 3.8) is 0 Å². The summed E-state index contributed by atoms with van der Waals surface area (Å²) in [7, 11) is 0. The molecule has 0 spiro atoms. The van der Waals surface area contributed by atoms with Crippen LogP contribution in [0.2, 0.25) is 0 Å². The van der Waals surface area contributed by atoms with Crippen LogP contribution in [-0.4, -0.2) is 12.8 Å². The van der Waals surface area contributed by atoms with Crippen LogP contribution in [-0.2, 0) is 6.42 Å². The van der Waals surface area contributed by atoms with E-state index < -0.39 is 0 Å². The molecule has 1 heteroatoms. The highest BCUT2D eigenvalue weighted by molar-refractivity contribution is 5.70. The van der Waals surface area contributed by atoms with Gasteiger partial charge in [-0.05, 0) is 35.6 Å². The molecular formula is C22H25N. The van der Waals surface area contributed by atoms with Crippen molar-refractivity contribution in [3.05, 3.63) is 76.4 Å². The number of rotatable bonds is 6. The van der Waals surface area contributed by atoms with E-state index in [1.807, 2.05) is 0 Å². The van der Waals surface area contributed by atoms with Gasteiger partial charge < -0.3 is 0 Å². The number of allylic oxidation sites excluding steroid dienone is 1. The second kappa shape index (κ2) is 7.41. The van der Waals surface area contributed by atoms with Crippen LogP contribution < -0.4 is 0 Å². The number of unbranched alkanes of at least 4 members (excludes halogenated alkanes) is 1. The third-order valence-electron chi connectivity index (χ3n) is 4.59. The smallest absolute Gasteiger partial charge is 0.0385 e. The van der Waals surface area contributed by atoms with Crippen LogP contribution in [0.5, 0.6) is 0 Å². The third kappa shape index (κ3) is 3.44. The number of hydrogen-bond acceptors (Lipinski definition) is 1. The maximum Gasteiger partial charge on any atom is 0.0385 e. The van der Waals surface area contributed by atoms with E-state index in [0.717, 1.165) is 13.0 Å². The van der Waals surface area contributed by atoms with E-state index in [9.17, 15) is 0 Å². The minimum atomic E-state index is 0.395. The van der Waals surface area contributed by atoms with Gasteiger partial charge >= 0.3 is 0 Å². The number of benzene rings is 2. The Labute approximate surface area is 139 Å². The van der Waals surface area contributed by atoms with Crippen LogP contribution in [0.15, 0.2) is 59.1 Å². The summed E-state index contributed by atoms with van der Waals surface area (Å²) in [5, 5.41) is 0. The monoisotopic (exact) mass is 303 g/mol. The summed E-state index contributed by atoms with van der Waals surface area (Å²) in [6.07, 6.45) is 7.72. The molecular weight excluding hydrogens is 278 g/mol. The van der Waals surface area contributed by atoms with Gasteiger partial charge in [-0.1, -0.05) is 73.5 Å². The third-order valence-corrected chi connectivity index (χ3v) is 4.59. The van der Waals surface area contributed by atoms with E-state index in [1.54, 1.807) is 0 Å². The zero-order valence-electron chi connectivity index (χ0n) is 14.1. The Hall–Kier alpha value is -2.15. The Morgan fingerprint density at radius 1 is 1.00 bits per heavy atom. The molecule has 0 N–H and O–H groups in total. The molecule has 2 aromatic rings. The topological polar surface area (TPSA) is 12.4 Å². The van der Waals surface area contributed by atoms with E-state index in [4.69, 9.17) is 0 Å². The molecule has 0 bridgehead atoms. The van der Waals surface area contributed by atoms with E-state index in [1.165, 1.54) is 40.7 Å². The number of aliphatic imine (C=N–C) groups is 1. The SMILES string of the molecule is CCCCN=CCc1ccccc1C1C(C)=Cc2ccccc21. The van der Waals surface area contributed by atoms with Crippen molar-refractivity contribution in [3.8, 4) is 0 Å². The van der Waals surface area contributed by atoms with Gasteiger partial charge in [0.05, 0.1) is 0 Å². The minimum Gasteiger partial charge on any atom is -0.297 e. The standard InChI is InChI=1S/C22H25N/c1-3-4-14-23-15-13-18-9-5-7-11-20(18)22-17(2)16-19-10-6-8-12-21(19)22/h5-12,15-16,22H,3-4,13-14H2,1-2H3. The second-order valence-electron chi connectivity index (χ2n) is 6.30. The van der Waals surface area contributed by atoms with Crippen molar-refractivity contribution in [2.75, 3.05) is 6.54 Å². The second-order valence-corrected chi connectivity index (χ2v) is 6.30. The average Bonchev–Trinajstić information content (AvgIpc) is 2.91. The van der Waals surface area contributed by atoms with Gasteiger partial charge in [-0.25, -0.2) is 0 Å². The van der Waals surface area contributed by atoms with Gasteiger partial charge in [0.25, 0.3) is 0 Å². The maximum absolute atomic E-state index is 4.55. The van der Waals surface area contributed by atoms with Crippen molar-refractivity contribution in [1.29, 1.82) is 0 Å². The fraction of sp³-hybridized carbons (Fsp3) is 0.318. The Balaban J connectivity index is 1.86. The maximum atomic E-state index is 4.55. The van der Waals surface area contributed by atoms with E-state index in [2.05, 4.69) is 79.7 Å². The Morgan fingerprint density at radius 3 is 2.57 bits per heavy atom. The lowest BCUT2D eigenvalue weighted by Crippen LogP contribution is -2.04. The Bertz CT molecular complexity index is 724. The molecule has 3 rings (SSSR count). The fourth-order valence-corrected chi connectivity index (χ4v) is 3.40. The van der Waals surface area contributed by atoms with E-state index >= 15 is 0 Å². The first kappa shape index (κ1) is 15.7. The summed E-state index contributed by atoms with van der Waals surface area (Å²) in [5.41, 5.74) is 7.04. The summed E-state index contributed by atoms with van der Waals surface area (Å²) in [6, 6.07) is 17.6. The highest BCUT2D eigenvalue weighted by Crippen LogP contribution is 2.41. The highest BCUT2D eigenvalue weighted by atomic mass is 14.7. The molecule has 0 aliphatic heterocycles. The van der Waals surface area contributed by atoms with Crippen LogP contribution in [0.25, 0.3) is 6.08 Å². The zero-order valence-corrected chi connectivity index (χ0v) is 14.1. The van der Waals surface area contributed by atoms with E-state index in [0.29, 0.717) is 5.92 Å². The summed E-state index contributed by atoms with van der Waals surface area (Å²) >= 11 is 0. The average molecular weight is 303 g/mol. The first-order chi connectivity index (χ1) is 11.3. The quantitative estimate of drug-likeness (QED) is 0.483. The van der Waals surface area contributed by atoms with Crippen molar-refractivity contribution in [2.24, 2.45) is 4.99 Å². The molecule has 1 unspecified atom stereocenters. The molecule has 118 valence electrons. The molecule has 2 aromatic carbocycles. The fourth-order valence-electron chi connectivity index (χ4n) is 3.40. The van der Waals surface area contributed by atoms with Crippen molar-refractivity contribution < 1.29 is 0 Å². The van der Waals surface area contributed by atoms with Gasteiger partial charge in [0.15, 0.2) is 0 Å². The van der Waals surface area contributed by atoms with Gasteiger partial charge in [-0.3, -0.25) is 4.99 Å². The molecule has 23 heavy (non-hydrogen) atoms. The molecule has 0 radical (unpaired) electrons. The predicted molar refractivity (Wildman–Crippen MR) is 100 cm³/mol. The van der Waals surface area contributed by atoms with E-state index in [-0.39, 0.29) is 0 Å². The van der Waals surface area contributed by atoms with Crippen LogP contribution in [0.4, 0.5) is 0 Å². The number of nitrogens with zero attached hydrogens (tertiary/aromatic N) is 1. The van der Waals surface area contributed by atoms with Gasteiger partial charge in [0.2, 0.25) is 0 Å². The molecule has 0 heterocycles. The van der Waals surface area contributed by atoms with Gasteiger partial charge in [0.1, 0.15) is 0 Å². The van der Waals surface area contributed by atoms with Gasteiger partial charge in [0, 0.05) is 25.1 Å². The first-order valence-electron chi connectivity index (χ1n) is 8.64. The molecule has 1 aliphatic rings. The molecule has 1 aliphatic carbocycles. The Morgan fingerprint density at radius 2 is 1.74 bits per heavy atom. The summed E-state index contributed by atoms with van der Waals surface area (Å²) in [5.74, 6) is 0.395. The molecule has 0 aromatic heterocycles. The van der Waals surface area contributed by atoms with Gasteiger partial charge in [-0.15, -0.1) is 0 Å². The lowest BCUT2D eigenvalue weighted by molar-refractivity contribution is 0.809. The largest absolute Gasteiger partial charge is 0.297 e. The Kier molecular flexibility index (Phi) is 5.07. The van der Waals surface area contributed by atoms with Crippen molar-refractivity contribution >= 4 is 12.3 Å². The molecule has 0 fully saturated rings. The summed E-state index contributed by atoms with van der Waals surface area (Å²) in [6.45, 7) is 5.40. The normalized spacial score (nSPS) is 16.6. The molecule has 1 atom stereocenters. The van der Waals surface area contributed by atoms with Crippen LogP contribution in [0.3, 0.4) is 0 Å². The highest BCUT2D eigenvalue weighted by Gasteiger charge is 2.25. The number of fused-ring (bicyclic) bond motifs is 1. The molecule has 0 amide bonds. The van der Waals surface area contributed by atoms with Crippen molar-refractivity contribution in [1.82, 2.24) is 0 Å². The molecule has 0 saturated carbocycles. The minimum absolute atomic E-state index is 0.395. The number of hydrogen-bond donors (Lipinski definition) is 0. The summed E-state index contributed by atoms with van der Waals surface area (Å²) < 4.78 is 0. The first-order valence-corrected chi connectivity index (χ1v) is 8.64. The van der Waals surface area contributed by atoms with Crippen LogP contribution >= 0.6 is 0 Å². The summed E-state index contributed by atoms with van der Waals surface area (Å²) in [4.78, 5) is 4.55. The predicted octanol–water partition coefficient (Wildman–Crippen LogP) is 5.65. The van der Waals surface area contributed by atoms with Crippen LogP contribution in [0.1, 0.15) is 54.9 Å². The molecule has 0 saturated heterocycles. The van der Waals surface area contributed by atoms with Crippen molar-refractivity contribution in [2.45, 2.75) is 39.0 Å². The molecule has 1 nitrogen and oxygen atoms in total.